The number of anilines is 1. The number of rotatable bonds is 4. The van der Waals surface area contributed by atoms with Crippen molar-refractivity contribution in [2.45, 2.75) is 26.2 Å². The first-order chi connectivity index (χ1) is 9.61. The molecule has 0 unspecified atom stereocenters. The molecule has 2 nitrogen and oxygen atoms in total. The second-order valence-electron chi connectivity index (χ2n) is 4.82. The van der Waals surface area contributed by atoms with Gasteiger partial charge in [-0.15, -0.1) is 0 Å². The van der Waals surface area contributed by atoms with E-state index in [1.165, 1.54) is 12.1 Å². The summed E-state index contributed by atoms with van der Waals surface area (Å²) in [6, 6.07) is 14.0. The van der Waals surface area contributed by atoms with Gasteiger partial charge >= 0.3 is 0 Å². The van der Waals surface area contributed by atoms with Crippen LogP contribution in [0.2, 0.25) is 0 Å². The number of carbonyl (C=O) groups is 1. The molecule has 1 amide bonds. The zero-order valence-electron chi connectivity index (χ0n) is 11.7. The number of halogens is 1. The third kappa shape index (κ3) is 3.23. The molecule has 0 saturated carbocycles. The van der Waals surface area contributed by atoms with Gasteiger partial charge in [-0.1, -0.05) is 37.3 Å². The molecule has 0 saturated heterocycles. The fraction of sp³-hybridized carbons (Fsp3) is 0.235. The smallest absolute Gasteiger partial charge is 0.231 e. The molecule has 1 atom stereocenters. The molecule has 0 spiro atoms. The molecule has 2 aromatic carbocycles. The Morgan fingerprint density at radius 1 is 1.20 bits per heavy atom. The van der Waals surface area contributed by atoms with Crippen LogP contribution in [0, 0.1) is 12.7 Å². The lowest BCUT2D eigenvalue weighted by Crippen LogP contribution is -2.21. The van der Waals surface area contributed by atoms with Crippen LogP contribution < -0.4 is 5.32 Å². The summed E-state index contributed by atoms with van der Waals surface area (Å²) in [7, 11) is 0. The average Bonchev–Trinajstić information content (AvgIpc) is 2.44. The summed E-state index contributed by atoms with van der Waals surface area (Å²) in [5.41, 5.74) is 2.37. The summed E-state index contributed by atoms with van der Waals surface area (Å²) >= 11 is 0. The minimum atomic E-state index is -0.296. The molecule has 0 aliphatic rings. The van der Waals surface area contributed by atoms with E-state index in [-0.39, 0.29) is 17.6 Å². The Hall–Kier alpha value is -2.16. The van der Waals surface area contributed by atoms with Crippen LogP contribution in [0.1, 0.15) is 30.4 Å². The van der Waals surface area contributed by atoms with Gasteiger partial charge in [0.1, 0.15) is 5.82 Å². The predicted molar refractivity (Wildman–Crippen MR) is 79.2 cm³/mol. The van der Waals surface area contributed by atoms with Crippen LogP contribution >= 0.6 is 0 Å². The predicted octanol–water partition coefficient (Wildman–Crippen LogP) is 4.27. The Labute approximate surface area is 118 Å². The molecule has 2 aromatic rings. The SMILES string of the molecule is CC[C@@H](C(=O)Nc1ccc(F)cc1C)c1ccccc1. The van der Waals surface area contributed by atoms with Crippen molar-refractivity contribution in [2.24, 2.45) is 0 Å². The van der Waals surface area contributed by atoms with Crippen LogP contribution in [0.25, 0.3) is 0 Å². The fourth-order valence-electron chi connectivity index (χ4n) is 2.24. The molecule has 0 aliphatic carbocycles. The van der Waals surface area contributed by atoms with Crippen LogP contribution in [0.15, 0.2) is 48.5 Å². The zero-order valence-corrected chi connectivity index (χ0v) is 11.7. The van der Waals surface area contributed by atoms with Gasteiger partial charge in [0.15, 0.2) is 0 Å². The minimum Gasteiger partial charge on any atom is -0.325 e. The van der Waals surface area contributed by atoms with E-state index in [2.05, 4.69) is 5.32 Å². The summed E-state index contributed by atoms with van der Waals surface area (Å²) in [6.45, 7) is 3.76. The summed E-state index contributed by atoms with van der Waals surface area (Å²) in [5.74, 6) is -0.551. The fourth-order valence-corrected chi connectivity index (χ4v) is 2.24. The monoisotopic (exact) mass is 271 g/mol. The van der Waals surface area contributed by atoms with Crippen molar-refractivity contribution in [3.05, 3.63) is 65.5 Å². The topological polar surface area (TPSA) is 29.1 Å². The molecular weight excluding hydrogens is 253 g/mol. The van der Waals surface area contributed by atoms with Crippen molar-refractivity contribution in [3.63, 3.8) is 0 Å². The molecule has 1 N–H and O–H groups in total. The van der Waals surface area contributed by atoms with E-state index >= 15 is 0 Å². The van der Waals surface area contributed by atoms with Crippen molar-refractivity contribution < 1.29 is 9.18 Å². The number of nitrogens with one attached hydrogen (secondary N) is 1. The van der Waals surface area contributed by atoms with Gasteiger partial charge in [-0.2, -0.15) is 0 Å². The van der Waals surface area contributed by atoms with Gasteiger partial charge < -0.3 is 5.32 Å². The van der Waals surface area contributed by atoms with Crippen LogP contribution in [0.4, 0.5) is 10.1 Å². The highest BCUT2D eigenvalue weighted by molar-refractivity contribution is 5.96. The normalized spacial score (nSPS) is 11.9. The maximum atomic E-state index is 13.1. The molecule has 0 radical (unpaired) electrons. The quantitative estimate of drug-likeness (QED) is 0.884. The maximum absolute atomic E-state index is 13.1. The van der Waals surface area contributed by atoms with Crippen molar-refractivity contribution in [3.8, 4) is 0 Å². The third-order valence-corrected chi connectivity index (χ3v) is 3.37. The van der Waals surface area contributed by atoms with Crippen LogP contribution in [0.5, 0.6) is 0 Å². The molecule has 0 aliphatic heterocycles. The molecule has 0 bridgehead atoms. The molecule has 0 fully saturated rings. The lowest BCUT2D eigenvalue weighted by atomic mass is 9.95. The highest BCUT2D eigenvalue weighted by atomic mass is 19.1. The molecule has 3 heteroatoms. The lowest BCUT2D eigenvalue weighted by Gasteiger charge is -2.16. The number of amides is 1. The Balaban J connectivity index is 2.18. The molecule has 0 aromatic heterocycles. The molecule has 2 rings (SSSR count). The van der Waals surface area contributed by atoms with Gasteiger partial charge in [-0.3, -0.25) is 4.79 Å². The van der Waals surface area contributed by atoms with Crippen molar-refractivity contribution >= 4 is 11.6 Å². The Kier molecular flexibility index (Phi) is 4.51. The first-order valence-corrected chi connectivity index (χ1v) is 6.73. The van der Waals surface area contributed by atoms with E-state index in [4.69, 9.17) is 0 Å². The third-order valence-electron chi connectivity index (χ3n) is 3.37. The first-order valence-electron chi connectivity index (χ1n) is 6.73. The second kappa shape index (κ2) is 6.33. The minimum absolute atomic E-state index is 0.0617. The summed E-state index contributed by atoms with van der Waals surface area (Å²) in [5, 5.41) is 2.88. The summed E-state index contributed by atoms with van der Waals surface area (Å²) in [6.07, 6.45) is 0.718. The van der Waals surface area contributed by atoms with E-state index in [1.807, 2.05) is 37.3 Å². The summed E-state index contributed by atoms with van der Waals surface area (Å²) < 4.78 is 13.1. The number of benzene rings is 2. The number of aryl methyl sites for hydroxylation is 1. The first kappa shape index (κ1) is 14.3. The van der Waals surface area contributed by atoms with Gasteiger partial charge in [0, 0.05) is 5.69 Å². The largest absolute Gasteiger partial charge is 0.325 e. The highest BCUT2D eigenvalue weighted by Crippen LogP contribution is 2.23. The van der Waals surface area contributed by atoms with E-state index in [1.54, 1.807) is 13.0 Å². The molecule has 104 valence electrons. The van der Waals surface area contributed by atoms with Crippen LogP contribution in [-0.2, 0) is 4.79 Å². The van der Waals surface area contributed by atoms with Gasteiger partial charge in [0.2, 0.25) is 5.91 Å². The average molecular weight is 271 g/mol. The molecule has 0 heterocycles. The van der Waals surface area contributed by atoms with Gasteiger partial charge in [0.25, 0.3) is 0 Å². The Bertz CT molecular complexity index is 595. The zero-order chi connectivity index (χ0) is 14.5. The van der Waals surface area contributed by atoms with Gasteiger partial charge in [-0.05, 0) is 42.7 Å². The van der Waals surface area contributed by atoms with Crippen LogP contribution in [-0.4, -0.2) is 5.91 Å². The number of hydrogen-bond acceptors (Lipinski definition) is 1. The second-order valence-corrected chi connectivity index (χ2v) is 4.82. The van der Waals surface area contributed by atoms with E-state index in [0.717, 1.165) is 17.5 Å². The van der Waals surface area contributed by atoms with Crippen molar-refractivity contribution in [2.75, 3.05) is 5.32 Å². The Morgan fingerprint density at radius 3 is 2.50 bits per heavy atom. The van der Waals surface area contributed by atoms with E-state index in [9.17, 15) is 9.18 Å². The van der Waals surface area contributed by atoms with Crippen molar-refractivity contribution in [1.82, 2.24) is 0 Å². The Morgan fingerprint density at radius 2 is 1.90 bits per heavy atom. The van der Waals surface area contributed by atoms with E-state index < -0.39 is 0 Å². The number of hydrogen-bond donors (Lipinski definition) is 1. The standard InChI is InChI=1S/C17H18FNO/c1-3-15(13-7-5-4-6-8-13)17(20)19-16-10-9-14(18)11-12(16)2/h4-11,15H,3H2,1-2H3,(H,19,20)/t15-/m1/s1. The van der Waals surface area contributed by atoms with Crippen LogP contribution in [0.3, 0.4) is 0 Å². The van der Waals surface area contributed by atoms with Crippen molar-refractivity contribution in [1.29, 1.82) is 0 Å². The maximum Gasteiger partial charge on any atom is 0.231 e. The lowest BCUT2D eigenvalue weighted by molar-refractivity contribution is -0.117. The van der Waals surface area contributed by atoms with Gasteiger partial charge in [0.05, 0.1) is 5.92 Å². The number of carbonyl (C=O) groups excluding carboxylic acids is 1. The van der Waals surface area contributed by atoms with Gasteiger partial charge in [-0.25, -0.2) is 4.39 Å². The van der Waals surface area contributed by atoms with E-state index in [0.29, 0.717) is 5.69 Å². The molecular formula is C17H18FNO. The highest BCUT2D eigenvalue weighted by Gasteiger charge is 2.19. The molecule has 20 heavy (non-hydrogen) atoms. The summed E-state index contributed by atoms with van der Waals surface area (Å²) in [4.78, 5) is 12.4.